The van der Waals surface area contributed by atoms with Gasteiger partial charge in [0.2, 0.25) is 5.43 Å². The molecule has 2 heteroatoms. The largest absolute Gasteiger partial charge is 0.504 e. The van der Waals surface area contributed by atoms with Crippen LogP contribution in [-0.4, -0.2) is 5.11 Å². The van der Waals surface area contributed by atoms with Crippen molar-refractivity contribution >= 4 is 0 Å². The summed E-state index contributed by atoms with van der Waals surface area (Å²) in [6.45, 7) is 1.99. The van der Waals surface area contributed by atoms with Crippen LogP contribution in [0.4, 0.5) is 0 Å². The number of hydrogen-bond donors (Lipinski definition) is 1. The molecule has 0 aromatic heterocycles. The Balaban J connectivity index is 2.67. The van der Waals surface area contributed by atoms with Gasteiger partial charge in [0.25, 0.3) is 0 Å². The van der Waals surface area contributed by atoms with E-state index in [9.17, 15) is 9.90 Å². The molecule has 0 bridgehead atoms. The van der Waals surface area contributed by atoms with Gasteiger partial charge in [0.15, 0.2) is 5.75 Å². The minimum absolute atomic E-state index is 0.222. The van der Waals surface area contributed by atoms with Crippen molar-refractivity contribution in [2.45, 2.75) is 6.92 Å². The molecular formula is C14H12O2. The molecule has 16 heavy (non-hydrogen) atoms. The van der Waals surface area contributed by atoms with Crippen molar-refractivity contribution in [1.82, 2.24) is 0 Å². The Morgan fingerprint density at radius 1 is 1.00 bits per heavy atom. The fraction of sp³-hybridized carbons (Fsp3) is 0.0714. The molecule has 80 valence electrons. The van der Waals surface area contributed by atoms with Crippen LogP contribution in [0.3, 0.4) is 0 Å². The summed E-state index contributed by atoms with van der Waals surface area (Å²) in [5.41, 5.74) is 2.58. The van der Waals surface area contributed by atoms with E-state index in [0.717, 1.165) is 16.7 Å². The van der Waals surface area contributed by atoms with E-state index in [0.29, 0.717) is 0 Å². The molecule has 0 aliphatic rings. The van der Waals surface area contributed by atoms with E-state index in [-0.39, 0.29) is 11.2 Å². The Hall–Kier alpha value is -2.09. The van der Waals surface area contributed by atoms with E-state index in [1.54, 1.807) is 6.07 Å². The lowest BCUT2D eigenvalue weighted by atomic mass is 10.0. The average molecular weight is 212 g/mol. The first kappa shape index (κ1) is 10.4. The molecule has 0 heterocycles. The van der Waals surface area contributed by atoms with Gasteiger partial charge >= 0.3 is 0 Å². The van der Waals surface area contributed by atoms with Crippen LogP contribution in [0.25, 0.3) is 11.1 Å². The van der Waals surface area contributed by atoms with Crippen LogP contribution < -0.4 is 5.43 Å². The van der Waals surface area contributed by atoms with Crippen molar-refractivity contribution in [2.24, 2.45) is 0 Å². The Labute approximate surface area is 93.8 Å². The molecule has 0 saturated carbocycles. The summed E-state index contributed by atoms with van der Waals surface area (Å²) in [5.74, 6) is -0.222. The Kier molecular flexibility index (Phi) is 2.73. The monoisotopic (exact) mass is 212 g/mol. The molecule has 2 aromatic rings. The number of benzene rings is 1. The summed E-state index contributed by atoms with van der Waals surface area (Å²) >= 11 is 0. The molecular weight excluding hydrogens is 200 g/mol. The van der Waals surface area contributed by atoms with Crippen molar-refractivity contribution in [2.75, 3.05) is 0 Å². The van der Waals surface area contributed by atoms with Gasteiger partial charge in [0, 0.05) is 0 Å². The van der Waals surface area contributed by atoms with Gasteiger partial charge in [-0.2, -0.15) is 0 Å². The van der Waals surface area contributed by atoms with E-state index in [1.165, 1.54) is 12.1 Å². The highest BCUT2D eigenvalue weighted by atomic mass is 16.3. The van der Waals surface area contributed by atoms with Crippen LogP contribution in [-0.2, 0) is 0 Å². The predicted octanol–water partition coefficient (Wildman–Crippen LogP) is 2.73. The maximum atomic E-state index is 11.5. The third-order valence-electron chi connectivity index (χ3n) is 2.52. The third-order valence-corrected chi connectivity index (χ3v) is 2.52. The standard InChI is InChI=1S/C14H12O2/c1-10-5-2-3-7-12(10)11-6-4-8-13(15)14(16)9-11/h2-9H,1H3,(H,15,16). The van der Waals surface area contributed by atoms with Gasteiger partial charge in [-0.3, -0.25) is 4.79 Å². The van der Waals surface area contributed by atoms with Crippen molar-refractivity contribution in [3.63, 3.8) is 0 Å². The van der Waals surface area contributed by atoms with Crippen molar-refractivity contribution in [3.05, 3.63) is 64.3 Å². The van der Waals surface area contributed by atoms with Crippen LogP contribution in [0.15, 0.2) is 53.3 Å². The maximum absolute atomic E-state index is 11.5. The van der Waals surface area contributed by atoms with E-state index in [2.05, 4.69) is 0 Å². The summed E-state index contributed by atoms with van der Waals surface area (Å²) in [6, 6.07) is 14.2. The second kappa shape index (κ2) is 4.19. The average Bonchev–Trinajstić information content (AvgIpc) is 2.43. The summed E-state index contributed by atoms with van der Waals surface area (Å²) in [5, 5.41) is 9.31. The van der Waals surface area contributed by atoms with Crippen LogP contribution in [0, 0.1) is 6.92 Å². The van der Waals surface area contributed by atoms with Gasteiger partial charge in [-0.05, 0) is 35.7 Å². The number of aromatic hydroxyl groups is 1. The number of aryl methyl sites for hydroxylation is 1. The lowest BCUT2D eigenvalue weighted by molar-refractivity contribution is 0.471. The molecule has 0 aliphatic heterocycles. The van der Waals surface area contributed by atoms with Gasteiger partial charge in [-0.15, -0.1) is 0 Å². The quantitative estimate of drug-likeness (QED) is 0.789. The zero-order valence-electron chi connectivity index (χ0n) is 8.97. The highest BCUT2D eigenvalue weighted by molar-refractivity contribution is 5.66. The zero-order chi connectivity index (χ0) is 11.5. The normalized spacial score (nSPS) is 10.1. The summed E-state index contributed by atoms with van der Waals surface area (Å²) in [7, 11) is 0. The minimum Gasteiger partial charge on any atom is -0.504 e. The molecule has 2 aromatic carbocycles. The van der Waals surface area contributed by atoms with Gasteiger partial charge in [-0.25, -0.2) is 0 Å². The molecule has 0 radical (unpaired) electrons. The summed E-state index contributed by atoms with van der Waals surface area (Å²) in [6.07, 6.45) is 0. The predicted molar refractivity (Wildman–Crippen MR) is 64.5 cm³/mol. The molecule has 0 spiro atoms. The molecule has 0 fully saturated rings. The lowest BCUT2D eigenvalue weighted by Crippen LogP contribution is -1.94. The first-order valence-electron chi connectivity index (χ1n) is 5.08. The molecule has 2 rings (SSSR count). The Morgan fingerprint density at radius 2 is 1.75 bits per heavy atom. The molecule has 0 unspecified atom stereocenters. The fourth-order valence-electron chi connectivity index (χ4n) is 1.65. The first-order valence-corrected chi connectivity index (χ1v) is 5.08. The molecule has 0 aliphatic carbocycles. The maximum Gasteiger partial charge on any atom is 0.220 e. The van der Waals surface area contributed by atoms with E-state index >= 15 is 0 Å². The number of hydrogen-bond acceptors (Lipinski definition) is 2. The van der Waals surface area contributed by atoms with Gasteiger partial charge in [0.05, 0.1) is 0 Å². The van der Waals surface area contributed by atoms with Crippen LogP contribution in [0.2, 0.25) is 0 Å². The zero-order valence-corrected chi connectivity index (χ0v) is 8.97. The van der Waals surface area contributed by atoms with Gasteiger partial charge in [0.1, 0.15) is 0 Å². The fourth-order valence-corrected chi connectivity index (χ4v) is 1.65. The molecule has 0 saturated heterocycles. The Morgan fingerprint density at radius 3 is 2.50 bits per heavy atom. The topological polar surface area (TPSA) is 37.3 Å². The molecule has 1 N–H and O–H groups in total. The minimum atomic E-state index is -0.358. The van der Waals surface area contributed by atoms with Crippen molar-refractivity contribution in [1.29, 1.82) is 0 Å². The first-order chi connectivity index (χ1) is 7.68. The molecule has 0 amide bonds. The molecule has 0 atom stereocenters. The van der Waals surface area contributed by atoms with E-state index < -0.39 is 0 Å². The lowest BCUT2D eigenvalue weighted by Gasteiger charge is -2.02. The second-order valence-electron chi connectivity index (χ2n) is 3.69. The Bertz CT molecular complexity index is 574. The second-order valence-corrected chi connectivity index (χ2v) is 3.69. The van der Waals surface area contributed by atoms with E-state index in [4.69, 9.17) is 0 Å². The van der Waals surface area contributed by atoms with Crippen molar-refractivity contribution < 1.29 is 5.11 Å². The smallest absolute Gasteiger partial charge is 0.220 e. The SMILES string of the molecule is Cc1ccccc1-c1cccc(O)c(=O)c1. The third kappa shape index (κ3) is 1.96. The highest BCUT2D eigenvalue weighted by Crippen LogP contribution is 2.21. The van der Waals surface area contributed by atoms with E-state index in [1.807, 2.05) is 37.3 Å². The molecule has 2 nitrogen and oxygen atoms in total. The van der Waals surface area contributed by atoms with Gasteiger partial charge < -0.3 is 5.11 Å². The van der Waals surface area contributed by atoms with Crippen LogP contribution in [0.5, 0.6) is 5.75 Å². The van der Waals surface area contributed by atoms with Gasteiger partial charge in [-0.1, -0.05) is 36.4 Å². The summed E-state index contributed by atoms with van der Waals surface area (Å²) in [4.78, 5) is 11.5. The van der Waals surface area contributed by atoms with Crippen LogP contribution in [0.1, 0.15) is 5.56 Å². The van der Waals surface area contributed by atoms with Crippen LogP contribution >= 0.6 is 0 Å². The highest BCUT2D eigenvalue weighted by Gasteiger charge is 2.01. The van der Waals surface area contributed by atoms with Crippen molar-refractivity contribution in [3.8, 4) is 16.9 Å². The number of rotatable bonds is 1. The summed E-state index contributed by atoms with van der Waals surface area (Å²) < 4.78 is 0.